The summed E-state index contributed by atoms with van der Waals surface area (Å²) in [5.74, 6) is -5.14. The molecule has 1 fully saturated rings. The number of halogens is 7. The van der Waals surface area contributed by atoms with Crippen molar-refractivity contribution in [2.75, 3.05) is 6.61 Å². The molecule has 0 aromatic carbocycles. The van der Waals surface area contributed by atoms with Crippen LogP contribution in [0.25, 0.3) is 5.65 Å². The molecule has 1 aliphatic rings. The summed E-state index contributed by atoms with van der Waals surface area (Å²) in [6.07, 6.45) is -7.07. The minimum absolute atomic E-state index is 0.00888. The van der Waals surface area contributed by atoms with Crippen molar-refractivity contribution < 1.29 is 50.2 Å². The Bertz CT molecular complexity index is 1420. The Hall–Kier alpha value is -4.02. The molecule has 0 aliphatic heterocycles. The number of aliphatic hydroxyl groups is 1. The van der Waals surface area contributed by atoms with E-state index in [9.17, 15) is 45.4 Å². The van der Waals surface area contributed by atoms with Crippen molar-refractivity contribution in [1.82, 2.24) is 30.2 Å². The fraction of sp³-hybridized carbons (Fsp3) is 0.500. The Labute approximate surface area is 239 Å². The Kier molecular flexibility index (Phi) is 9.72. The molecule has 0 unspecified atom stereocenters. The maximum absolute atomic E-state index is 13.9. The fourth-order valence-electron chi connectivity index (χ4n) is 4.61. The van der Waals surface area contributed by atoms with Gasteiger partial charge in [0.15, 0.2) is 11.9 Å². The predicted octanol–water partition coefficient (Wildman–Crippen LogP) is 4.51. The molecule has 234 valence electrons. The van der Waals surface area contributed by atoms with Gasteiger partial charge in [0, 0.05) is 31.0 Å². The third kappa shape index (κ3) is 8.98. The molecule has 17 heteroatoms. The fourth-order valence-corrected chi connectivity index (χ4v) is 4.61. The molecule has 3 heterocycles. The highest BCUT2D eigenvalue weighted by Crippen LogP contribution is 2.41. The van der Waals surface area contributed by atoms with Gasteiger partial charge in [0.25, 0.3) is 12.3 Å². The molecule has 1 aliphatic carbocycles. The third-order valence-corrected chi connectivity index (χ3v) is 6.80. The van der Waals surface area contributed by atoms with Crippen LogP contribution in [0.4, 0.5) is 30.7 Å². The first-order valence-electron chi connectivity index (χ1n) is 13.1. The number of carbonyl (C=O) groups is 2. The van der Waals surface area contributed by atoms with Gasteiger partial charge in [-0.05, 0) is 30.9 Å². The van der Waals surface area contributed by atoms with Gasteiger partial charge >= 0.3 is 6.18 Å². The van der Waals surface area contributed by atoms with Crippen molar-refractivity contribution in [1.29, 1.82) is 0 Å². The average molecular weight is 621 g/mol. The van der Waals surface area contributed by atoms with Crippen LogP contribution < -0.4 is 15.4 Å². The summed E-state index contributed by atoms with van der Waals surface area (Å²) < 4.78 is 96.2. The number of ether oxygens (including phenoxy) is 1. The van der Waals surface area contributed by atoms with Crippen molar-refractivity contribution in [3.05, 3.63) is 53.7 Å². The van der Waals surface area contributed by atoms with E-state index in [4.69, 9.17) is 4.74 Å². The van der Waals surface area contributed by atoms with Crippen LogP contribution in [-0.4, -0.2) is 61.6 Å². The third-order valence-electron chi connectivity index (χ3n) is 6.80. The molecule has 1 saturated carbocycles. The molecule has 43 heavy (non-hydrogen) atoms. The van der Waals surface area contributed by atoms with Crippen LogP contribution in [0.1, 0.15) is 72.4 Å². The number of hydrogen-bond donors (Lipinski definition) is 3. The smallest absolute Gasteiger partial charge is 0.389 e. The van der Waals surface area contributed by atoms with Crippen molar-refractivity contribution in [3.63, 3.8) is 0 Å². The van der Waals surface area contributed by atoms with Crippen molar-refractivity contribution in [2.24, 2.45) is 5.92 Å². The van der Waals surface area contributed by atoms with E-state index in [0.29, 0.717) is 0 Å². The van der Waals surface area contributed by atoms with Gasteiger partial charge in [-0.25, -0.2) is 27.1 Å². The van der Waals surface area contributed by atoms with Gasteiger partial charge in [-0.1, -0.05) is 0 Å². The van der Waals surface area contributed by atoms with Gasteiger partial charge < -0.3 is 20.5 Å². The lowest BCUT2D eigenvalue weighted by molar-refractivity contribution is -0.145. The molecule has 3 N–H and O–H groups in total. The first-order chi connectivity index (χ1) is 20.2. The number of amides is 2. The maximum Gasteiger partial charge on any atom is 0.389 e. The van der Waals surface area contributed by atoms with Crippen LogP contribution in [0.5, 0.6) is 5.75 Å². The second-order valence-corrected chi connectivity index (χ2v) is 10.1. The summed E-state index contributed by atoms with van der Waals surface area (Å²) >= 11 is 0. The number of nitrogens with zero attached hydrogens (tertiary/aromatic N) is 4. The summed E-state index contributed by atoms with van der Waals surface area (Å²) in [6, 6.07) is 1.62. The number of pyridine rings is 1. The number of fused-ring (bicyclic) bond motifs is 1. The number of rotatable bonds is 11. The minimum Gasteiger partial charge on any atom is -0.486 e. The summed E-state index contributed by atoms with van der Waals surface area (Å²) in [5.41, 5.74) is 0.330. The number of carbonyl (C=O) groups excluding carboxylic acids is 2. The van der Waals surface area contributed by atoms with Crippen LogP contribution in [0.3, 0.4) is 0 Å². The highest BCUT2D eigenvalue weighted by atomic mass is 19.4. The van der Waals surface area contributed by atoms with Gasteiger partial charge in [0.05, 0.1) is 42.3 Å². The quantitative estimate of drug-likeness (QED) is 0.212. The minimum atomic E-state index is -4.55. The lowest BCUT2D eigenvalue weighted by Crippen LogP contribution is -2.37. The van der Waals surface area contributed by atoms with E-state index in [2.05, 4.69) is 20.4 Å². The molecule has 0 spiro atoms. The van der Waals surface area contributed by atoms with E-state index in [0.717, 1.165) is 12.4 Å². The number of nitrogens with one attached hydrogen (secondary N) is 2. The SMILES string of the molecule is O=C(CCC(F)(F)F)N[C@H](O)c1cnn2cc([C@@H](NC(=O)c3cncc(OCC(F)F)c3)C3CCC(F)(F)CC3)nc2c1. The number of hydrogen-bond acceptors (Lipinski definition) is 7. The first-order valence-corrected chi connectivity index (χ1v) is 13.1. The van der Waals surface area contributed by atoms with Crippen LogP contribution in [0, 0.1) is 5.92 Å². The Morgan fingerprint density at radius 2 is 1.84 bits per heavy atom. The van der Waals surface area contributed by atoms with E-state index in [1.807, 2.05) is 5.32 Å². The van der Waals surface area contributed by atoms with Gasteiger partial charge in [-0.15, -0.1) is 0 Å². The zero-order valence-corrected chi connectivity index (χ0v) is 22.3. The Balaban J connectivity index is 1.55. The zero-order chi connectivity index (χ0) is 31.4. The average Bonchev–Trinajstić information content (AvgIpc) is 3.37. The van der Waals surface area contributed by atoms with Crippen LogP contribution in [-0.2, 0) is 4.79 Å². The molecular weight excluding hydrogens is 593 g/mol. The summed E-state index contributed by atoms with van der Waals surface area (Å²) in [7, 11) is 0. The van der Waals surface area contributed by atoms with Gasteiger partial charge in [0.2, 0.25) is 11.8 Å². The summed E-state index contributed by atoms with van der Waals surface area (Å²) in [5, 5.41) is 19.2. The lowest BCUT2D eigenvalue weighted by Gasteiger charge is -2.33. The van der Waals surface area contributed by atoms with Gasteiger partial charge in [-0.2, -0.15) is 18.3 Å². The summed E-state index contributed by atoms with van der Waals surface area (Å²) in [6.45, 7) is -0.909. The maximum atomic E-state index is 13.9. The van der Waals surface area contributed by atoms with Gasteiger partial charge in [-0.3, -0.25) is 14.6 Å². The Morgan fingerprint density at radius 3 is 2.51 bits per heavy atom. The van der Waals surface area contributed by atoms with Gasteiger partial charge in [0.1, 0.15) is 12.4 Å². The molecule has 0 radical (unpaired) electrons. The number of aliphatic hydroxyl groups excluding tert-OH is 1. The topological polar surface area (TPSA) is 131 Å². The van der Waals surface area contributed by atoms with E-state index < -0.39 is 80.8 Å². The number of aromatic nitrogens is 4. The van der Waals surface area contributed by atoms with E-state index in [1.165, 1.54) is 29.0 Å². The molecule has 2 atom stereocenters. The van der Waals surface area contributed by atoms with Crippen molar-refractivity contribution in [2.45, 2.75) is 69.3 Å². The lowest BCUT2D eigenvalue weighted by atomic mass is 9.81. The Morgan fingerprint density at radius 1 is 1.12 bits per heavy atom. The second-order valence-electron chi connectivity index (χ2n) is 10.1. The summed E-state index contributed by atoms with van der Waals surface area (Å²) in [4.78, 5) is 33.2. The van der Waals surface area contributed by atoms with E-state index in [-0.39, 0.29) is 41.1 Å². The molecule has 2 amide bonds. The van der Waals surface area contributed by atoms with E-state index >= 15 is 0 Å². The van der Waals surface area contributed by atoms with Crippen molar-refractivity contribution in [3.8, 4) is 5.75 Å². The van der Waals surface area contributed by atoms with Crippen molar-refractivity contribution >= 4 is 17.5 Å². The van der Waals surface area contributed by atoms with E-state index in [1.54, 1.807) is 0 Å². The van der Waals surface area contributed by atoms with Crippen LogP contribution in [0.15, 0.2) is 36.9 Å². The largest absolute Gasteiger partial charge is 0.486 e. The number of imidazole rings is 1. The normalized spacial score (nSPS) is 17.0. The molecule has 3 aromatic heterocycles. The molecule has 0 bridgehead atoms. The van der Waals surface area contributed by atoms with Crippen LogP contribution in [0.2, 0.25) is 0 Å². The highest BCUT2D eigenvalue weighted by molar-refractivity contribution is 5.94. The molecular formula is C26H27F7N6O4. The highest BCUT2D eigenvalue weighted by Gasteiger charge is 2.39. The monoisotopic (exact) mass is 620 g/mol. The second kappa shape index (κ2) is 13.1. The molecule has 0 saturated heterocycles. The standard InChI is InChI=1S/C26H27F7N6O4/c27-19(28)13-43-17-7-15(9-34-11-17)24(42)38-22(14-1-4-25(29,30)5-2-14)18-12-39-20(36-18)8-16(10-35-39)23(41)37-21(40)3-6-26(31,32)33/h7-12,14,19,22-23,41H,1-6,13H2,(H,37,40)(H,38,42)/t22-,23+/m0/s1. The van der Waals surface area contributed by atoms with Crippen LogP contribution >= 0.6 is 0 Å². The zero-order valence-electron chi connectivity index (χ0n) is 22.3. The first kappa shape index (κ1) is 31.9. The number of alkyl halides is 7. The molecule has 3 aromatic rings. The molecule has 4 rings (SSSR count). The molecule has 10 nitrogen and oxygen atoms in total. The predicted molar refractivity (Wildman–Crippen MR) is 134 cm³/mol.